The molecule has 0 aromatic heterocycles. The second-order valence-corrected chi connectivity index (χ2v) is 4.30. The molecule has 0 unspecified atom stereocenters. The number of rotatable bonds is 2. The predicted molar refractivity (Wildman–Crippen MR) is 72.9 cm³/mol. The van der Waals surface area contributed by atoms with Crippen molar-refractivity contribution in [3.05, 3.63) is 29.8 Å². The third kappa shape index (κ3) is 3.07. The van der Waals surface area contributed by atoms with Gasteiger partial charge in [-0.25, -0.2) is 0 Å². The van der Waals surface area contributed by atoms with E-state index in [4.69, 9.17) is 5.73 Å². The molecule has 1 aliphatic rings. The summed E-state index contributed by atoms with van der Waals surface area (Å²) in [5.74, 6) is -0.000407. The smallest absolute Gasteiger partial charge is 0.244 e. The van der Waals surface area contributed by atoms with Gasteiger partial charge in [-0.1, -0.05) is 12.1 Å². The molecule has 5 nitrogen and oxygen atoms in total. The Morgan fingerprint density at radius 1 is 1.39 bits per heavy atom. The molecular formula is C13H18N4O. The highest BCUT2D eigenvalue weighted by atomic mass is 16.1. The van der Waals surface area contributed by atoms with E-state index in [1.807, 2.05) is 18.2 Å². The highest BCUT2D eigenvalue weighted by molar-refractivity contribution is 6.04. The molecule has 0 radical (unpaired) electrons. The first-order valence-corrected chi connectivity index (χ1v) is 6.07. The Bertz CT molecular complexity index is 464. The summed E-state index contributed by atoms with van der Waals surface area (Å²) in [6.45, 7) is 5.33. The molecule has 1 aromatic rings. The van der Waals surface area contributed by atoms with Gasteiger partial charge in [0.25, 0.3) is 0 Å². The number of carbonyl (C=O) groups excluding carboxylic acids is 1. The van der Waals surface area contributed by atoms with Gasteiger partial charge in [0.2, 0.25) is 5.91 Å². The van der Waals surface area contributed by atoms with Crippen molar-refractivity contribution in [2.45, 2.75) is 6.92 Å². The lowest BCUT2D eigenvalue weighted by Gasteiger charge is -2.29. The fraction of sp³-hybridized carbons (Fsp3) is 0.385. The lowest BCUT2D eigenvalue weighted by molar-refractivity contribution is -0.115. The zero-order valence-electron chi connectivity index (χ0n) is 10.5. The lowest BCUT2D eigenvalue weighted by atomic mass is 10.1. The normalized spacial score (nSPS) is 16.7. The third-order valence-electron chi connectivity index (χ3n) is 2.90. The summed E-state index contributed by atoms with van der Waals surface area (Å²) in [6, 6.07) is 7.84. The Labute approximate surface area is 107 Å². The number of nitrogens with two attached hydrogens (primary N) is 1. The van der Waals surface area contributed by atoms with Crippen LogP contribution in [-0.2, 0) is 4.79 Å². The summed E-state index contributed by atoms with van der Waals surface area (Å²) in [5, 5.41) is 3.31. The number of benzene rings is 1. The summed E-state index contributed by atoms with van der Waals surface area (Å²) >= 11 is 0. The molecule has 5 heteroatoms. The highest BCUT2D eigenvalue weighted by Crippen LogP contribution is 2.16. The number of amides is 1. The van der Waals surface area contributed by atoms with E-state index in [0.29, 0.717) is 0 Å². The van der Waals surface area contributed by atoms with Gasteiger partial charge in [0.1, 0.15) is 5.84 Å². The molecule has 2 rings (SSSR count). The lowest BCUT2D eigenvalue weighted by Crippen LogP contribution is -2.43. The Morgan fingerprint density at radius 2 is 2.11 bits per heavy atom. The zero-order valence-corrected chi connectivity index (χ0v) is 10.5. The van der Waals surface area contributed by atoms with Crippen LogP contribution in [-0.4, -0.2) is 37.9 Å². The van der Waals surface area contributed by atoms with Crippen LogP contribution in [0.15, 0.2) is 29.3 Å². The van der Waals surface area contributed by atoms with E-state index in [9.17, 15) is 4.79 Å². The molecule has 0 bridgehead atoms. The van der Waals surface area contributed by atoms with Gasteiger partial charge >= 0.3 is 0 Å². The Hall–Kier alpha value is -1.88. The topological polar surface area (TPSA) is 70.7 Å². The summed E-state index contributed by atoms with van der Waals surface area (Å²) in [5.41, 5.74) is 7.71. The molecule has 3 N–H and O–H groups in total. The van der Waals surface area contributed by atoms with E-state index in [2.05, 4.69) is 21.3 Å². The molecule has 0 aliphatic carbocycles. The molecule has 1 aliphatic heterocycles. The summed E-state index contributed by atoms with van der Waals surface area (Å²) in [4.78, 5) is 17.0. The average molecular weight is 246 g/mol. The van der Waals surface area contributed by atoms with Crippen LogP contribution >= 0.6 is 0 Å². The minimum Gasteiger partial charge on any atom is -0.383 e. The Balaban J connectivity index is 2.21. The van der Waals surface area contributed by atoms with Crippen molar-refractivity contribution in [1.82, 2.24) is 5.32 Å². The number of carbonyl (C=O) groups is 1. The summed E-state index contributed by atoms with van der Waals surface area (Å²) in [7, 11) is 0. The second-order valence-electron chi connectivity index (χ2n) is 4.30. The molecule has 1 aromatic carbocycles. The van der Waals surface area contributed by atoms with Crippen molar-refractivity contribution in [2.24, 2.45) is 10.7 Å². The van der Waals surface area contributed by atoms with Crippen LogP contribution in [0.3, 0.4) is 0 Å². The number of amidine groups is 1. The maximum Gasteiger partial charge on any atom is 0.244 e. The number of hydrogen-bond donors (Lipinski definition) is 2. The molecule has 0 atom stereocenters. The number of aliphatic imine (C=N–C) groups is 1. The van der Waals surface area contributed by atoms with Gasteiger partial charge in [0, 0.05) is 44.4 Å². The number of nitrogens with one attached hydrogen (secondary N) is 1. The third-order valence-corrected chi connectivity index (χ3v) is 2.90. The largest absolute Gasteiger partial charge is 0.383 e. The monoisotopic (exact) mass is 246 g/mol. The van der Waals surface area contributed by atoms with Gasteiger partial charge in [-0.2, -0.15) is 4.99 Å². The standard InChI is InChI=1S/C13H18N4O/c1-10(18)16-13(14)11-3-2-4-12(9-11)17-7-5-15-6-8-17/h2-4,9,15H,5-8H2,1H3,(H2,14,16,18). The van der Waals surface area contributed by atoms with E-state index >= 15 is 0 Å². The number of hydrogen-bond acceptors (Lipinski definition) is 3. The van der Waals surface area contributed by atoms with E-state index in [1.54, 1.807) is 0 Å². The SMILES string of the molecule is CC(=O)N=C(N)c1cccc(N2CCNCC2)c1. The van der Waals surface area contributed by atoms with Crippen LogP contribution in [0.5, 0.6) is 0 Å². The summed E-state index contributed by atoms with van der Waals surface area (Å²) < 4.78 is 0. The van der Waals surface area contributed by atoms with Crippen LogP contribution in [0, 0.1) is 0 Å². The minimum absolute atomic E-state index is 0.277. The fourth-order valence-corrected chi connectivity index (χ4v) is 2.02. The first-order valence-electron chi connectivity index (χ1n) is 6.07. The van der Waals surface area contributed by atoms with E-state index < -0.39 is 0 Å². The molecule has 0 saturated carbocycles. The molecule has 18 heavy (non-hydrogen) atoms. The molecule has 1 amide bonds. The van der Waals surface area contributed by atoms with Crippen LogP contribution < -0.4 is 16.0 Å². The fourth-order valence-electron chi connectivity index (χ4n) is 2.02. The van der Waals surface area contributed by atoms with E-state index in [0.717, 1.165) is 37.4 Å². The number of nitrogens with zero attached hydrogens (tertiary/aromatic N) is 2. The van der Waals surface area contributed by atoms with Gasteiger partial charge in [-0.15, -0.1) is 0 Å². The highest BCUT2D eigenvalue weighted by Gasteiger charge is 2.11. The Kier molecular flexibility index (Phi) is 3.94. The van der Waals surface area contributed by atoms with Crippen LogP contribution in [0.2, 0.25) is 0 Å². The van der Waals surface area contributed by atoms with Crippen LogP contribution in [0.4, 0.5) is 5.69 Å². The molecule has 0 spiro atoms. The second kappa shape index (κ2) is 5.64. The molecule has 1 saturated heterocycles. The van der Waals surface area contributed by atoms with Crippen molar-refractivity contribution >= 4 is 17.4 Å². The van der Waals surface area contributed by atoms with E-state index in [1.165, 1.54) is 6.92 Å². The maximum atomic E-state index is 10.9. The van der Waals surface area contributed by atoms with Gasteiger partial charge in [-0.3, -0.25) is 4.79 Å². The van der Waals surface area contributed by atoms with Gasteiger partial charge in [0.05, 0.1) is 0 Å². The predicted octanol–water partition coefficient (Wildman–Crippen LogP) is 0.348. The molecular weight excluding hydrogens is 228 g/mol. The van der Waals surface area contributed by atoms with Crippen molar-refractivity contribution < 1.29 is 4.79 Å². The average Bonchev–Trinajstić information content (AvgIpc) is 2.39. The Morgan fingerprint density at radius 3 is 2.78 bits per heavy atom. The van der Waals surface area contributed by atoms with Gasteiger partial charge < -0.3 is 16.0 Å². The minimum atomic E-state index is -0.278. The van der Waals surface area contributed by atoms with Crippen molar-refractivity contribution in [3.8, 4) is 0 Å². The maximum absolute atomic E-state index is 10.9. The molecule has 96 valence electrons. The van der Waals surface area contributed by atoms with Gasteiger partial charge in [0.15, 0.2) is 0 Å². The van der Waals surface area contributed by atoms with Crippen molar-refractivity contribution in [3.63, 3.8) is 0 Å². The van der Waals surface area contributed by atoms with Crippen molar-refractivity contribution in [2.75, 3.05) is 31.1 Å². The number of piperazine rings is 1. The molecule has 1 fully saturated rings. The quantitative estimate of drug-likeness (QED) is 0.583. The molecule has 1 heterocycles. The van der Waals surface area contributed by atoms with Crippen LogP contribution in [0.1, 0.15) is 12.5 Å². The summed E-state index contributed by atoms with van der Waals surface area (Å²) in [6.07, 6.45) is 0. The van der Waals surface area contributed by atoms with E-state index in [-0.39, 0.29) is 11.7 Å². The first kappa shape index (κ1) is 12.6. The first-order chi connectivity index (χ1) is 8.66. The van der Waals surface area contributed by atoms with Gasteiger partial charge in [-0.05, 0) is 12.1 Å². The van der Waals surface area contributed by atoms with Crippen molar-refractivity contribution in [1.29, 1.82) is 0 Å². The van der Waals surface area contributed by atoms with Crippen LogP contribution in [0.25, 0.3) is 0 Å². The number of anilines is 1. The zero-order chi connectivity index (χ0) is 13.0.